The molecule has 10 heteroatoms. The van der Waals surface area contributed by atoms with E-state index in [1.807, 2.05) is 24.3 Å². The Morgan fingerprint density at radius 3 is 2.32 bits per heavy atom. The molecule has 0 fully saturated rings. The summed E-state index contributed by atoms with van der Waals surface area (Å²) in [5, 5.41) is 9.78. The first-order valence-corrected chi connectivity index (χ1v) is 16.1. The average molecular weight is 628 g/mol. The van der Waals surface area contributed by atoms with Gasteiger partial charge in [0.2, 0.25) is 0 Å². The quantitative estimate of drug-likeness (QED) is 0.140. The highest BCUT2D eigenvalue weighted by atomic mass is 32.3. The Bertz CT molecular complexity index is 1910. The van der Waals surface area contributed by atoms with Gasteiger partial charge in [-0.1, -0.05) is 73.2 Å². The van der Waals surface area contributed by atoms with Crippen LogP contribution in [0.2, 0.25) is 0 Å². The predicted octanol–water partition coefficient (Wildman–Crippen LogP) is 9.10. The van der Waals surface area contributed by atoms with Crippen molar-refractivity contribution in [1.82, 2.24) is 4.31 Å². The van der Waals surface area contributed by atoms with E-state index in [0.717, 1.165) is 36.5 Å². The molecule has 3 N–H and O–H groups in total. The molecule has 0 saturated heterocycles. The van der Waals surface area contributed by atoms with Gasteiger partial charge < -0.3 is 14.6 Å². The van der Waals surface area contributed by atoms with Gasteiger partial charge in [0.15, 0.2) is 12.5 Å². The number of rotatable bonds is 9. The van der Waals surface area contributed by atoms with Crippen LogP contribution in [0.25, 0.3) is 26.6 Å². The van der Waals surface area contributed by atoms with Crippen LogP contribution in [0.1, 0.15) is 41.3 Å². The van der Waals surface area contributed by atoms with Crippen molar-refractivity contribution in [2.75, 3.05) is 6.73 Å². The SMILES string of the molecule is CC(C)c1ccccc1-c1sc2cc(OCN3C(=O)c4ccccc4S3(O)O)ccc2c1Oc1ccc(C=CC(=O)O)cc1. The molecule has 0 unspecified atom stereocenters. The topological polar surface area (TPSA) is 117 Å². The highest BCUT2D eigenvalue weighted by Gasteiger charge is 2.41. The van der Waals surface area contributed by atoms with Crippen molar-refractivity contribution in [3.63, 3.8) is 0 Å². The number of nitrogens with zero attached hydrogens (tertiary/aromatic N) is 1. The number of hydrogen-bond acceptors (Lipinski definition) is 7. The number of fused-ring (bicyclic) bond motifs is 2. The van der Waals surface area contributed by atoms with E-state index in [0.29, 0.717) is 17.2 Å². The van der Waals surface area contributed by atoms with Gasteiger partial charge in [-0.15, -0.1) is 11.3 Å². The lowest BCUT2D eigenvalue weighted by molar-refractivity contribution is -0.131. The number of aliphatic carboxylic acids is 1. The van der Waals surface area contributed by atoms with Gasteiger partial charge in [0.25, 0.3) is 5.91 Å². The van der Waals surface area contributed by atoms with Crippen LogP contribution in [0.5, 0.6) is 17.2 Å². The Morgan fingerprint density at radius 2 is 1.61 bits per heavy atom. The summed E-state index contributed by atoms with van der Waals surface area (Å²) in [5.41, 5.74) is 3.22. The summed E-state index contributed by atoms with van der Waals surface area (Å²) in [7, 11) is -3.50. The van der Waals surface area contributed by atoms with Gasteiger partial charge in [-0.3, -0.25) is 13.9 Å². The van der Waals surface area contributed by atoms with Crippen LogP contribution in [0, 0.1) is 0 Å². The molecule has 1 aliphatic rings. The van der Waals surface area contributed by atoms with Gasteiger partial charge in [-0.25, -0.2) is 4.79 Å². The molecule has 224 valence electrons. The number of ether oxygens (including phenoxy) is 2. The fraction of sp³-hybridized carbons (Fsp3) is 0.118. The Kier molecular flexibility index (Phi) is 7.91. The third-order valence-electron chi connectivity index (χ3n) is 7.26. The molecule has 44 heavy (non-hydrogen) atoms. The number of hydrogen-bond donors (Lipinski definition) is 3. The van der Waals surface area contributed by atoms with Crippen LogP contribution in [0.3, 0.4) is 0 Å². The minimum Gasteiger partial charge on any atom is -0.478 e. The molecule has 0 spiro atoms. The van der Waals surface area contributed by atoms with Crippen molar-refractivity contribution >= 4 is 50.2 Å². The van der Waals surface area contributed by atoms with Crippen molar-refractivity contribution in [2.24, 2.45) is 0 Å². The van der Waals surface area contributed by atoms with Crippen molar-refractivity contribution in [3.05, 3.63) is 114 Å². The molecule has 1 aromatic heterocycles. The van der Waals surface area contributed by atoms with E-state index in [1.165, 1.54) is 11.6 Å². The van der Waals surface area contributed by atoms with Crippen LogP contribution >= 0.6 is 22.1 Å². The van der Waals surface area contributed by atoms with Crippen LogP contribution in [-0.4, -0.2) is 37.1 Å². The average Bonchev–Trinajstić information content (AvgIpc) is 3.46. The maximum absolute atomic E-state index is 12.9. The van der Waals surface area contributed by atoms with Gasteiger partial charge >= 0.3 is 5.97 Å². The van der Waals surface area contributed by atoms with Gasteiger partial charge in [-0.05, 0) is 71.1 Å². The zero-order valence-corrected chi connectivity index (χ0v) is 25.5. The molecule has 1 amide bonds. The molecule has 0 aliphatic carbocycles. The lowest BCUT2D eigenvalue weighted by atomic mass is 9.96. The predicted molar refractivity (Wildman–Crippen MR) is 174 cm³/mol. The van der Waals surface area contributed by atoms with E-state index in [9.17, 15) is 18.7 Å². The fourth-order valence-corrected chi connectivity index (χ4v) is 7.76. The van der Waals surface area contributed by atoms with Crippen LogP contribution in [0.4, 0.5) is 0 Å². The molecule has 4 aromatic carbocycles. The minimum absolute atomic E-state index is 0.198. The Labute approximate surface area is 259 Å². The van der Waals surface area contributed by atoms with Gasteiger partial charge in [-0.2, -0.15) is 4.31 Å². The standard InChI is InChI=1S/C34H29NO7S2/c1-21(2)25-7-3-4-8-26(25)33-32(42-23-14-11-22(12-15-23)13-18-31(36)37)27-17-16-24(19-29(27)43-33)41-20-35-34(38)28-9-5-6-10-30(28)44(35,39)40/h3-19,21,39-40H,20H2,1-2H3,(H,36,37). The molecule has 2 heterocycles. The zero-order valence-electron chi connectivity index (χ0n) is 23.8. The third-order valence-corrected chi connectivity index (χ3v) is 10.3. The molecule has 0 bridgehead atoms. The Balaban J connectivity index is 1.34. The molecule has 8 nitrogen and oxygen atoms in total. The monoisotopic (exact) mass is 627 g/mol. The molecular weight excluding hydrogens is 599 g/mol. The van der Waals surface area contributed by atoms with Crippen LogP contribution in [0.15, 0.2) is 102 Å². The summed E-state index contributed by atoms with van der Waals surface area (Å²) in [4.78, 5) is 24.9. The highest BCUT2D eigenvalue weighted by Crippen LogP contribution is 2.58. The normalized spacial score (nSPS) is 14.8. The smallest absolute Gasteiger partial charge is 0.328 e. The molecule has 0 atom stereocenters. The van der Waals surface area contributed by atoms with Crippen LogP contribution in [-0.2, 0) is 4.79 Å². The van der Waals surface area contributed by atoms with Crippen molar-refractivity contribution < 1.29 is 33.3 Å². The summed E-state index contributed by atoms with van der Waals surface area (Å²) < 4.78 is 35.9. The Morgan fingerprint density at radius 1 is 0.932 bits per heavy atom. The maximum atomic E-state index is 12.9. The molecule has 0 radical (unpaired) electrons. The second kappa shape index (κ2) is 11.8. The number of amides is 1. The number of carboxylic acid groups (broad SMARTS) is 1. The molecule has 6 rings (SSSR count). The van der Waals surface area contributed by atoms with Crippen molar-refractivity contribution in [3.8, 4) is 27.7 Å². The minimum atomic E-state index is -3.50. The van der Waals surface area contributed by atoms with E-state index in [1.54, 1.807) is 65.9 Å². The van der Waals surface area contributed by atoms with Gasteiger partial charge in [0, 0.05) is 16.2 Å². The number of carbonyl (C=O) groups is 2. The second-order valence-electron chi connectivity index (χ2n) is 10.5. The molecule has 1 aliphatic heterocycles. The van der Waals surface area contributed by atoms with Crippen molar-refractivity contribution in [1.29, 1.82) is 0 Å². The van der Waals surface area contributed by atoms with E-state index in [2.05, 4.69) is 26.0 Å². The van der Waals surface area contributed by atoms with Gasteiger partial charge in [0.05, 0.1) is 15.3 Å². The van der Waals surface area contributed by atoms with E-state index >= 15 is 0 Å². The molecular formula is C34H29NO7S2. The first-order valence-electron chi connectivity index (χ1n) is 13.8. The van der Waals surface area contributed by atoms with E-state index < -0.39 is 22.7 Å². The fourth-order valence-electron chi connectivity index (χ4n) is 5.08. The largest absolute Gasteiger partial charge is 0.478 e. The third kappa shape index (κ3) is 5.56. The van der Waals surface area contributed by atoms with Crippen LogP contribution < -0.4 is 9.47 Å². The van der Waals surface area contributed by atoms with E-state index in [-0.39, 0.29) is 23.1 Å². The first kappa shape index (κ1) is 29.5. The van der Waals surface area contributed by atoms with Gasteiger partial charge in [0.1, 0.15) is 11.5 Å². The number of thiophene rings is 1. The lowest BCUT2D eigenvalue weighted by Crippen LogP contribution is -2.31. The number of carbonyl (C=O) groups excluding carboxylic acids is 1. The molecule has 0 saturated carbocycles. The summed E-state index contributed by atoms with van der Waals surface area (Å²) in [6, 6.07) is 27.3. The van der Waals surface area contributed by atoms with Crippen molar-refractivity contribution in [2.45, 2.75) is 24.7 Å². The molecule has 5 aromatic rings. The van der Waals surface area contributed by atoms with E-state index in [4.69, 9.17) is 14.6 Å². The Hall–Kier alpha value is -4.61. The highest BCUT2D eigenvalue weighted by molar-refractivity contribution is 8.23. The summed E-state index contributed by atoms with van der Waals surface area (Å²) in [5.74, 6) is 0.492. The summed E-state index contributed by atoms with van der Waals surface area (Å²) in [6.07, 6.45) is 2.61. The lowest BCUT2D eigenvalue weighted by Gasteiger charge is -2.36. The number of benzene rings is 4. The summed E-state index contributed by atoms with van der Waals surface area (Å²) in [6.45, 7) is 3.95. The second-order valence-corrected chi connectivity index (χ2v) is 13.4. The maximum Gasteiger partial charge on any atom is 0.328 e. The summed E-state index contributed by atoms with van der Waals surface area (Å²) >= 11 is 1.55. The first-order chi connectivity index (χ1) is 21.1. The number of carboxylic acids is 1. The zero-order chi connectivity index (χ0) is 31.0.